The molecule has 1 amide bonds. The molecule has 0 spiro atoms. The van der Waals surface area contributed by atoms with Crippen LogP contribution >= 0.6 is 0 Å². The molecular weight excluding hydrogens is 320 g/mol. The molecule has 1 aliphatic rings. The fourth-order valence-electron chi connectivity index (χ4n) is 3.15. The molecule has 1 aromatic heterocycles. The minimum Gasteiger partial charge on any atom is -0.448 e. The van der Waals surface area contributed by atoms with E-state index >= 15 is 0 Å². The molecule has 0 saturated heterocycles. The zero-order chi connectivity index (χ0) is 17.8. The number of hydrogen-bond acceptors (Lipinski definition) is 4. The van der Waals surface area contributed by atoms with Crippen LogP contribution < -0.4 is 10.7 Å². The van der Waals surface area contributed by atoms with Gasteiger partial charge < -0.3 is 15.0 Å². The quantitative estimate of drug-likeness (QED) is 0.836. The molecule has 3 rings (SSSR count). The Morgan fingerprint density at radius 3 is 2.68 bits per heavy atom. The normalized spacial score (nSPS) is 16.4. The van der Waals surface area contributed by atoms with Gasteiger partial charge in [0.1, 0.15) is 5.69 Å². The molecule has 132 valence electrons. The van der Waals surface area contributed by atoms with E-state index in [1.54, 1.807) is 24.3 Å². The highest BCUT2D eigenvalue weighted by Gasteiger charge is 2.23. The third-order valence-corrected chi connectivity index (χ3v) is 4.56. The Morgan fingerprint density at radius 2 is 1.92 bits per heavy atom. The number of carbonyl (C=O) groups is 2. The Labute approximate surface area is 145 Å². The van der Waals surface area contributed by atoms with Crippen molar-refractivity contribution in [3.63, 3.8) is 0 Å². The number of amides is 1. The molecule has 6 heteroatoms. The average Bonchev–Trinajstić information content (AvgIpc) is 2.62. The topological polar surface area (TPSA) is 88.3 Å². The van der Waals surface area contributed by atoms with Crippen LogP contribution in [0.4, 0.5) is 0 Å². The number of carbonyl (C=O) groups excluding carboxylic acids is 2. The maximum absolute atomic E-state index is 12.3. The fourth-order valence-corrected chi connectivity index (χ4v) is 3.15. The first kappa shape index (κ1) is 17.2. The predicted octanol–water partition coefficient (Wildman–Crippen LogP) is 2.52. The van der Waals surface area contributed by atoms with Crippen molar-refractivity contribution < 1.29 is 14.3 Å². The molecule has 1 fully saturated rings. The molecule has 1 aromatic carbocycles. The molecule has 0 unspecified atom stereocenters. The van der Waals surface area contributed by atoms with Crippen molar-refractivity contribution >= 4 is 22.8 Å². The Morgan fingerprint density at radius 1 is 1.20 bits per heavy atom. The van der Waals surface area contributed by atoms with Crippen LogP contribution in [0.1, 0.15) is 49.5 Å². The third-order valence-electron chi connectivity index (χ3n) is 4.56. The first-order valence-electron chi connectivity index (χ1n) is 8.68. The molecule has 1 aliphatic carbocycles. The predicted molar refractivity (Wildman–Crippen MR) is 94.5 cm³/mol. The summed E-state index contributed by atoms with van der Waals surface area (Å²) in [6.45, 7) is 1.54. The highest BCUT2D eigenvalue weighted by Crippen LogP contribution is 2.17. The van der Waals surface area contributed by atoms with Gasteiger partial charge in [-0.05, 0) is 31.9 Å². The second kappa shape index (κ2) is 7.51. The first-order chi connectivity index (χ1) is 12.0. The van der Waals surface area contributed by atoms with E-state index in [-0.39, 0.29) is 23.1 Å². The molecule has 0 aliphatic heterocycles. The zero-order valence-corrected chi connectivity index (χ0v) is 14.2. The molecule has 0 bridgehead atoms. The number of H-pyrrole nitrogens is 1. The number of aromatic amines is 1. The average molecular weight is 342 g/mol. The SMILES string of the molecule is C[C@H](OC(=O)c1cc(=O)c2ccccc2[nH]1)C(=O)NC1CCCCC1. The van der Waals surface area contributed by atoms with Crippen molar-refractivity contribution in [3.05, 3.63) is 46.2 Å². The van der Waals surface area contributed by atoms with Crippen LogP contribution in [0.15, 0.2) is 35.1 Å². The molecule has 0 radical (unpaired) electrons. The Kier molecular flexibility index (Phi) is 5.16. The summed E-state index contributed by atoms with van der Waals surface area (Å²) < 4.78 is 5.22. The smallest absolute Gasteiger partial charge is 0.355 e. The molecule has 1 heterocycles. The Hall–Kier alpha value is -2.63. The summed E-state index contributed by atoms with van der Waals surface area (Å²) in [6, 6.07) is 8.29. The van der Waals surface area contributed by atoms with Crippen molar-refractivity contribution in [2.24, 2.45) is 0 Å². The summed E-state index contributed by atoms with van der Waals surface area (Å²) in [6.07, 6.45) is 4.43. The number of benzene rings is 1. The van der Waals surface area contributed by atoms with Gasteiger partial charge in [-0.2, -0.15) is 0 Å². The third kappa shape index (κ3) is 4.07. The second-order valence-corrected chi connectivity index (χ2v) is 6.48. The Bertz CT molecular complexity index is 837. The fraction of sp³-hybridized carbons (Fsp3) is 0.421. The van der Waals surface area contributed by atoms with E-state index in [2.05, 4.69) is 10.3 Å². The Balaban J connectivity index is 1.66. The number of para-hydroxylation sites is 1. The van der Waals surface area contributed by atoms with Crippen LogP contribution in [0.5, 0.6) is 0 Å². The maximum Gasteiger partial charge on any atom is 0.355 e. The standard InChI is InChI=1S/C19H22N2O4/c1-12(18(23)20-13-7-3-2-4-8-13)25-19(24)16-11-17(22)14-9-5-6-10-15(14)21-16/h5-6,9-13H,2-4,7-8H2,1H3,(H,20,23)(H,21,22)/t12-/m0/s1. The lowest BCUT2D eigenvalue weighted by molar-refractivity contribution is -0.130. The van der Waals surface area contributed by atoms with Gasteiger partial charge in [0.05, 0.1) is 0 Å². The lowest BCUT2D eigenvalue weighted by Crippen LogP contribution is -2.42. The number of ether oxygens (including phenoxy) is 1. The second-order valence-electron chi connectivity index (χ2n) is 6.48. The number of nitrogens with one attached hydrogen (secondary N) is 2. The van der Waals surface area contributed by atoms with Crippen molar-refractivity contribution in [2.45, 2.75) is 51.2 Å². The maximum atomic E-state index is 12.3. The number of rotatable bonds is 4. The molecule has 1 saturated carbocycles. The van der Waals surface area contributed by atoms with Gasteiger partial charge in [-0.3, -0.25) is 9.59 Å². The van der Waals surface area contributed by atoms with Crippen LogP contribution in [0.2, 0.25) is 0 Å². The van der Waals surface area contributed by atoms with Gasteiger partial charge in [-0.1, -0.05) is 31.4 Å². The van der Waals surface area contributed by atoms with Crippen LogP contribution in [-0.4, -0.2) is 29.0 Å². The van der Waals surface area contributed by atoms with Gasteiger partial charge in [0, 0.05) is 23.0 Å². The van der Waals surface area contributed by atoms with E-state index in [0.717, 1.165) is 25.7 Å². The number of esters is 1. The largest absolute Gasteiger partial charge is 0.448 e. The molecule has 6 nitrogen and oxygen atoms in total. The van der Waals surface area contributed by atoms with Crippen molar-refractivity contribution in [2.75, 3.05) is 0 Å². The first-order valence-corrected chi connectivity index (χ1v) is 8.68. The van der Waals surface area contributed by atoms with Crippen LogP contribution in [-0.2, 0) is 9.53 Å². The lowest BCUT2D eigenvalue weighted by Gasteiger charge is -2.24. The van der Waals surface area contributed by atoms with Gasteiger partial charge in [-0.15, -0.1) is 0 Å². The van der Waals surface area contributed by atoms with E-state index in [9.17, 15) is 14.4 Å². The summed E-state index contributed by atoms with van der Waals surface area (Å²) in [4.78, 5) is 39.4. The van der Waals surface area contributed by atoms with Gasteiger partial charge >= 0.3 is 5.97 Å². The van der Waals surface area contributed by atoms with Gasteiger partial charge in [0.25, 0.3) is 5.91 Å². The molecule has 2 N–H and O–H groups in total. The zero-order valence-electron chi connectivity index (χ0n) is 14.2. The van der Waals surface area contributed by atoms with E-state index in [4.69, 9.17) is 4.74 Å². The molecule has 25 heavy (non-hydrogen) atoms. The van der Waals surface area contributed by atoms with Crippen molar-refractivity contribution in [1.29, 1.82) is 0 Å². The summed E-state index contributed by atoms with van der Waals surface area (Å²) in [7, 11) is 0. The van der Waals surface area contributed by atoms with Gasteiger partial charge in [-0.25, -0.2) is 4.79 Å². The summed E-state index contributed by atoms with van der Waals surface area (Å²) in [5.74, 6) is -1.02. The molecule has 2 aromatic rings. The van der Waals surface area contributed by atoms with Gasteiger partial charge in [0.2, 0.25) is 0 Å². The van der Waals surface area contributed by atoms with Crippen molar-refractivity contribution in [1.82, 2.24) is 10.3 Å². The number of pyridine rings is 1. The molecular formula is C19H22N2O4. The number of hydrogen-bond donors (Lipinski definition) is 2. The summed E-state index contributed by atoms with van der Waals surface area (Å²) in [5.41, 5.74) is 0.336. The summed E-state index contributed by atoms with van der Waals surface area (Å²) in [5, 5.41) is 3.43. The van der Waals surface area contributed by atoms with Crippen molar-refractivity contribution in [3.8, 4) is 0 Å². The number of fused-ring (bicyclic) bond motifs is 1. The van der Waals surface area contributed by atoms with E-state index < -0.39 is 12.1 Å². The minimum absolute atomic E-state index is 0.0426. The van der Waals surface area contributed by atoms with E-state index in [1.165, 1.54) is 19.4 Å². The van der Waals surface area contributed by atoms with Gasteiger partial charge in [0.15, 0.2) is 11.5 Å². The highest BCUT2D eigenvalue weighted by molar-refractivity contribution is 5.93. The lowest BCUT2D eigenvalue weighted by atomic mass is 9.95. The molecule has 1 atom stereocenters. The monoisotopic (exact) mass is 342 g/mol. The van der Waals surface area contributed by atoms with Crippen LogP contribution in [0, 0.1) is 0 Å². The van der Waals surface area contributed by atoms with E-state index in [0.29, 0.717) is 10.9 Å². The number of aromatic nitrogens is 1. The minimum atomic E-state index is -0.913. The van der Waals surface area contributed by atoms with Crippen LogP contribution in [0.3, 0.4) is 0 Å². The van der Waals surface area contributed by atoms with E-state index in [1.807, 2.05) is 0 Å². The summed E-state index contributed by atoms with van der Waals surface area (Å²) >= 11 is 0. The highest BCUT2D eigenvalue weighted by atomic mass is 16.5. The van der Waals surface area contributed by atoms with Crippen LogP contribution in [0.25, 0.3) is 10.9 Å².